The first-order chi connectivity index (χ1) is 31.7. The Morgan fingerprint density at radius 1 is 0.297 bits per heavy atom. The molecule has 2 aliphatic carbocycles. The summed E-state index contributed by atoms with van der Waals surface area (Å²) in [6, 6.07) is 90.6. The maximum Gasteiger partial charge on any atom is 0.0714 e. The topological polar surface area (TPSA) is 3.24 Å². The molecule has 300 valence electrons. The molecule has 0 amide bonds. The van der Waals surface area contributed by atoms with Gasteiger partial charge in [-0.05, 0) is 125 Å². The summed E-state index contributed by atoms with van der Waals surface area (Å²) < 4.78 is 0. The standard InChI is InChI=1S/C63H43N/c1-62(42-20-5-2-6-21-42)56-32-17-16-31-54(56)61-58(62)34-19-35-60(61)64(45-36-38-51-49-28-12-11-26-47(49)48-27-13-14-29-50(48)55(51)40-45)46-37-39-53-52-30-15-18-33-57(52)63(59(53)41-46,43-22-7-3-8-23-43)44-24-9-4-10-25-44/h2-41H,1H3. The molecule has 1 unspecified atom stereocenters. The molecule has 2 aliphatic rings. The number of benzene rings is 11. The molecular formula is C63H43N. The van der Waals surface area contributed by atoms with Crippen molar-refractivity contribution in [3.63, 3.8) is 0 Å². The number of fused-ring (bicyclic) bond motifs is 12. The van der Waals surface area contributed by atoms with Crippen molar-refractivity contribution in [2.24, 2.45) is 0 Å². The molecule has 0 aliphatic heterocycles. The molecule has 1 heteroatoms. The van der Waals surface area contributed by atoms with Gasteiger partial charge in [-0.3, -0.25) is 0 Å². The molecule has 0 heterocycles. The van der Waals surface area contributed by atoms with Crippen molar-refractivity contribution >= 4 is 49.4 Å². The zero-order valence-electron chi connectivity index (χ0n) is 35.5. The highest BCUT2D eigenvalue weighted by Gasteiger charge is 2.47. The molecule has 0 saturated carbocycles. The van der Waals surface area contributed by atoms with Gasteiger partial charge in [0.15, 0.2) is 0 Å². The van der Waals surface area contributed by atoms with E-state index >= 15 is 0 Å². The van der Waals surface area contributed by atoms with Crippen molar-refractivity contribution in [2.75, 3.05) is 4.90 Å². The van der Waals surface area contributed by atoms with Gasteiger partial charge in [-0.2, -0.15) is 0 Å². The van der Waals surface area contributed by atoms with Gasteiger partial charge in [0, 0.05) is 22.4 Å². The van der Waals surface area contributed by atoms with Crippen LogP contribution in [0.4, 0.5) is 17.1 Å². The fraction of sp³-hybridized carbons (Fsp3) is 0.0476. The summed E-state index contributed by atoms with van der Waals surface area (Å²) in [4.78, 5) is 2.56. The quantitative estimate of drug-likeness (QED) is 0.151. The SMILES string of the molecule is CC1(c2ccccc2)c2ccccc2-c2c(N(c3ccc4c(c3)C(c3ccccc3)(c3ccccc3)c3ccccc3-4)c3ccc4c5ccccc5c5ccccc5c4c3)cccc21. The van der Waals surface area contributed by atoms with Gasteiger partial charge in [0.2, 0.25) is 0 Å². The smallest absolute Gasteiger partial charge is 0.0714 e. The first-order valence-corrected chi connectivity index (χ1v) is 22.4. The predicted octanol–water partition coefficient (Wildman–Crippen LogP) is 16.3. The molecule has 0 N–H and O–H groups in total. The number of hydrogen-bond acceptors (Lipinski definition) is 1. The summed E-state index contributed by atoms with van der Waals surface area (Å²) in [7, 11) is 0. The Labute approximate surface area is 374 Å². The van der Waals surface area contributed by atoms with Gasteiger partial charge in [-0.25, -0.2) is 0 Å². The average molecular weight is 814 g/mol. The van der Waals surface area contributed by atoms with E-state index in [0.717, 1.165) is 17.1 Å². The monoisotopic (exact) mass is 813 g/mol. The summed E-state index contributed by atoms with van der Waals surface area (Å²) in [5.41, 5.74) is 16.7. The van der Waals surface area contributed by atoms with Crippen molar-refractivity contribution in [3.8, 4) is 22.3 Å². The minimum atomic E-state index is -0.536. The molecule has 1 nitrogen and oxygen atoms in total. The van der Waals surface area contributed by atoms with Crippen molar-refractivity contribution in [1.29, 1.82) is 0 Å². The van der Waals surface area contributed by atoms with Gasteiger partial charge in [0.05, 0.1) is 11.1 Å². The first-order valence-electron chi connectivity index (χ1n) is 22.4. The van der Waals surface area contributed by atoms with Crippen molar-refractivity contribution < 1.29 is 0 Å². The van der Waals surface area contributed by atoms with Crippen molar-refractivity contribution in [2.45, 2.75) is 17.8 Å². The highest BCUT2D eigenvalue weighted by molar-refractivity contribution is 6.26. The van der Waals surface area contributed by atoms with E-state index in [1.165, 1.54) is 93.5 Å². The Hall–Kier alpha value is -8.00. The fourth-order valence-corrected chi connectivity index (χ4v) is 11.8. The maximum atomic E-state index is 2.56. The summed E-state index contributed by atoms with van der Waals surface area (Å²) in [6.07, 6.45) is 0. The minimum Gasteiger partial charge on any atom is -0.310 e. The van der Waals surface area contributed by atoms with Gasteiger partial charge in [0.25, 0.3) is 0 Å². The number of hydrogen-bond donors (Lipinski definition) is 0. The van der Waals surface area contributed by atoms with Crippen LogP contribution in [0.2, 0.25) is 0 Å². The fourth-order valence-electron chi connectivity index (χ4n) is 11.8. The lowest BCUT2D eigenvalue weighted by Crippen LogP contribution is -2.28. The van der Waals surface area contributed by atoms with Crippen LogP contribution in [-0.2, 0) is 10.8 Å². The molecule has 11 aromatic carbocycles. The summed E-state index contributed by atoms with van der Waals surface area (Å²) in [5, 5.41) is 7.59. The second kappa shape index (κ2) is 14.0. The molecule has 64 heavy (non-hydrogen) atoms. The largest absolute Gasteiger partial charge is 0.310 e. The molecular weight excluding hydrogens is 771 g/mol. The van der Waals surface area contributed by atoms with Crippen LogP contribution in [-0.4, -0.2) is 0 Å². The van der Waals surface area contributed by atoms with E-state index < -0.39 is 5.41 Å². The zero-order chi connectivity index (χ0) is 42.4. The third-order valence-corrected chi connectivity index (χ3v) is 14.6. The molecule has 0 saturated heterocycles. The van der Waals surface area contributed by atoms with Crippen LogP contribution in [0.3, 0.4) is 0 Å². The average Bonchev–Trinajstić information content (AvgIpc) is 3.82. The second-order valence-corrected chi connectivity index (χ2v) is 17.7. The van der Waals surface area contributed by atoms with Crippen LogP contribution in [0.1, 0.15) is 45.9 Å². The van der Waals surface area contributed by atoms with Crippen LogP contribution < -0.4 is 4.90 Å². The molecule has 0 radical (unpaired) electrons. The number of anilines is 3. The van der Waals surface area contributed by atoms with Crippen LogP contribution >= 0.6 is 0 Å². The zero-order valence-corrected chi connectivity index (χ0v) is 35.5. The Balaban J connectivity index is 1.14. The Morgan fingerprint density at radius 3 is 1.39 bits per heavy atom. The predicted molar refractivity (Wildman–Crippen MR) is 268 cm³/mol. The maximum absolute atomic E-state index is 2.56. The van der Waals surface area contributed by atoms with Crippen molar-refractivity contribution in [3.05, 3.63) is 282 Å². The van der Waals surface area contributed by atoms with Crippen LogP contribution in [0.15, 0.2) is 243 Å². The lowest BCUT2D eigenvalue weighted by molar-refractivity contribution is 0.714. The van der Waals surface area contributed by atoms with Gasteiger partial charge in [-0.1, -0.05) is 212 Å². The van der Waals surface area contributed by atoms with E-state index in [9.17, 15) is 0 Å². The second-order valence-electron chi connectivity index (χ2n) is 17.7. The van der Waals surface area contributed by atoms with E-state index in [2.05, 4.69) is 254 Å². The summed E-state index contributed by atoms with van der Waals surface area (Å²) >= 11 is 0. The van der Waals surface area contributed by atoms with Crippen molar-refractivity contribution in [1.82, 2.24) is 0 Å². The normalized spacial score (nSPS) is 15.5. The van der Waals surface area contributed by atoms with E-state index in [-0.39, 0.29) is 5.41 Å². The van der Waals surface area contributed by atoms with Gasteiger partial charge in [0.1, 0.15) is 0 Å². The van der Waals surface area contributed by atoms with Crippen LogP contribution in [0.5, 0.6) is 0 Å². The molecule has 1 atom stereocenters. The molecule has 0 spiro atoms. The highest BCUT2D eigenvalue weighted by atomic mass is 15.1. The lowest BCUT2D eigenvalue weighted by Gasteiger charge is -2.35. The molecule has 0 bridgehead atoms. The van der Waals surface area contributed by atoms with Crippen LogP contribution in [0, 0.1) is 0 Å². The third-order valence-electron chi connectivity index (χ3n) is 14.6. The van der Waals surface area contributed by atoms with Gasteiger partial charge < -0.3 is 4.90 Å². The first kappa shape index (κ1) is 36.6. The minimum absolute atomic E-state index is 0.345. The lowest BCUT2D eigenvalue weighted by atomic mass is 9.67. The molecule has 0 fully saturated rings. The Bertz CT molecular complexity index is 3550. The summed E-state index contributed by atoms with van der Waals surface area (Å²) in [6.45, 7) is 2.41. The number of nitrogens with zero attached hydrogens (tertiary/aromatic N) is 1. The highest BCUT2D eigenvalue weighted by Crippen LogP contribution is 2.60. The van der Waals surface area contributed by atoms with Crippen LogP contribution in [0.25, 0.3) is 54.6 Å². The van der Waals surface area contributed by atoms with E-state index in [0.29, 0.717) is 0 Å². The van der Waals surface area contributed by atoms with E-state index in [1.807, 2.05) is 0 Å². The molecule has 11 aromatic rings. The molecule has 13 rings (SSSR count). The van der Waals surface area contributed by atoms with Gasteiger partial charge in [-0.15, -0.1) is 0 Å². The third kappa shape index (κ3) is 5.01. The van der Waals surface area contributed by atoms with E-state index in [4.69, 9.17) is 0 Å². The summed E-state index contributed by atoms with van der Waals surface area (Å²) in [5.74, 6) is 0. The Kier molecular flexibility index (Phi) is 8.02. The molecule has 0 aromatic heterocycles. The number of rotatable bonds is 6. The van der Waals surface area contributed by atoms with E-state index in [1.54, 1.807) is 0 Å². The van der Waals surface area contributed by atoms with Gasteiger partial charge >= 0.3 is 0 Å². The Morgan fingerprint density at radius 2 is 0.750 bits per heavy atom.